The lowest BCUT2D eigenvalue weighted by molar-refractivity contribution is 0.239. The number of pyridine rings is 1. The Kier molecular flexibility index (Phi) is 6.58. The van der Waals surface area contributed by atoms with Crippen molar-refractivity contribution >= 4 is 44.1 Å². The molecule has 1 aromatic carbocycles. The minimum atomic E-state index is 0.349. The first-order valence-electron chi connectivity index (χ1n) is 7.47. The summed E-state index contributed by atoms with van der Waals surface area (Å²) in [4.78, 5) is 4.43. The Labute approximate surface area is 145 Å². The van der Waals surface area contributed by atoms with Crippen LogP contribution in [0.25, 0.3) is 10.9 Å². The first-order chi connectivity index (χ1) is 10.7. The van der Waals surface area contributed by atoms with Gasteiger partial charge in [-0.3, -0.25) is 4.98 Å². The summed E-state index contributed by atoms with van der Waals surface area (Å²) in [7, 11) is 0. The van der Waals surface area contributed by atoms with E-state index in [0.717, 1.165) is 34.0 Å². The smallest absolute Gasteiger partial charge is 0.160 e. The maximum atomic E-state index is 6.01. The van der Waals surface area contributed by atoms with Crippen LogP contribution >= 0.6 is 28.1 Å². The summed E-state index contributed by atoms with van der Waals surface area (Å²) in [5.74, 6) is 1.15. The van der Waals surface area contributed by atoms with E-state index in [1.54, 1.807) is 6.20 Å². The molecule has 3 nitrogen and oxygen atoms in total. The van der Waals surface area contributed by atoms with Crippen molar-refractivity contribution < 1.29 is 9.47 Å². The maximum Gasteiger partial charge on any atom is 0.160 e. The van der Waals surface area contributed by atoms with Gasteiger partial charge in [0.25, 0.3) is 0 Å². The molecule has 1 unspecified atom stereocenters. The number of fused-ring (bicyclic) bond motifs is 1. The summed E-state index contributed by atoms with van der Waals surface area (Å²) in [5.41, 5.74) is 0.874. The van der Waals surface area contributed by atoms with E-state index < -0.39 is 0 Å². The van der Waals surface area contributed by atoms with Crippen LogP contribution in [0.15, 0.2) is 34.9 Å². The lowest BCUT2D eigenvalue weighted by Gasteiger charge is -2.17. The molecule has 118 valence electrons. The van der Waals surface area contributed by atoms with Crippen LogP contribution in [0.3, 0.4) is 0 Å². The quantitative estimate of drug-likeness (QED) is 0.620. The number of halogens is 1. The van der Waals surface area contributed by atoms with Crippen LogP contribution in [0.4, 0.5) is 0 Å². The first-order valence-corrected chi connectivity index (χ1v) is 8.67. The van der Waals surface area contributed by atoms with Gasteiger partial charge in [-0.25, -0.2) is 0 Å². The van der Waals surface area contributed by atoms with Crippen LogP contribution in [0.1, 0.15) is 26.7 Å². The molecule has 0 radical (unpaired) electrons. The standard InChI is InChI=1S/C17H20BrNO2S/c1-3-12(10-16(22)20-4-2)11-21-15-8-7-14(18)13-6-5-9-19-17(13)15/h5-9,12H,3-4,10-11H2,1-2H3. The highest BCUT2D eigenvalue weighted by atomic mass is 79.9. The van der Waals surface area contributed by atoms with E-state index in [2.05, 4.69) is 27.8 Å². The van der Waals surface area contributed by atoms with Crippen LogP contribution in [0.5, 0.6) is 5.75 Å². The number of nitrogens with zero attached hydrogens (tertiary/aromatic N) is 1. The van der Waals surface area contributed by atoms with Gasteiger partial charge in [-0.05, 0) is 43.8 Å². The Morgan fingerprint density at radius 3 is 2.86 bits per heavy atom. The molecule has 0 aliphatic heterocycles. The molecule has 0 saturated carbocycles. The maximum absolute atomic E-state index is 6.01. The van der Waals surface area contributed by atoms with Crippen LogP contribution in [0, 0.1) is 5.92 Å². The van der Waals surface area contributed by atoms with Crippen molar-refractivity contribution in [3.8, 4) is 5.75 Å². The predicted octanol–water partition coefficient (Wildman–Crippen LogP) is 5.16. The molecule has 0 bridgehead atoms. The van der Waals surface area contributed by atoms with Crippen molar-refractivity contribution in [2.24, 2.45) is 5.92 Å². The van der Waals surface area contributed by atoms with E-state index in [0.29, 0.717) is 24.2 Å². The normalized spacial score (nSPS) is 12.1. The van der Waals surface area contributed by atoms with E-state index in [9.17, 15) is 0 Å². The zero-order chi connectivity index (χ0) is 15.9. The van der Waals surface area contributed by atoms with E-state index in [-0.39, 0.29) is 0 Å². The molecule has 2 rings (SSSR count). The number of ether oxygens (including phenoxy) is 2. The summed E-state index contributed by atoms with van der Waals surface area (Å²) in [5, 5.41) is 1.72. The number of thiocarbonyl (C=S) groups is 1. The zero-order valence-corrected chi connectivity index (χ0v) is 15.2. The summed E-state index contributed by atoms with van der Waals surface area (Å²) < 4.78 is 12.4. The molecule has 0 fully saturated rings. The van der Waals surface area contributed by atoms with Gasteiger partial charge in [0.2, 0.25) is 0 Å². The molecule has 5 heteroatoms. The highest BCUT2D eigenvalue weighted by Gasteiger charge is 2.13. The van der Waals surface area contributed by atoms with Gasteiger partial charge < -0.3 is 9.47 Å². The number of rotatable bonds is 7. The van der Waals surface area contributed by atoms with Gasteiger partial charge >= 0.3 is 0 Å². The molecule has 0 spiro atoms. The lowest BCUT2D eigenvalue weighted by atomic mass is 10.0. The van der Waals surface area contributed by atoms with Crippen LogP contribution in [0.2, 0.25) is 0 Å². The Balaban J connectivity index is 2.07. The van der Waals surface area contributed by atoms with Gasteiger partial charge in [-0.15, -0.1) is 0 Å². The molecular weight excluding hydrogens is 362 g/mol. The van der Waals surface area contributed by atoms with Crippen LogP contribution in [-0.4, -0.2) is 23.2 Å². The molecule has 0 saturated heterocycles. The largest absolute Gasteiger partial charge is 0.491 e. The topological polar surface area (TPSA) is 31.4 Å². The van der Waals surface area contributed by atoms with Gasteiger partial charge in [0.15, 0.2) is 5.05 Å². The molecule has 0 N–H and O–H groups in total. The van der Waals surface area contributed by atoms with Crippen LogP contribution in [-0.2, 0) is 4.74 Å². The molecule has 1 heterocycles. The van der Waals surface area contributed by atoms with Gasteiger partial charge in [0, 0.05) is 28.4 Å². The minimum Gasteiger partial charge on any atom is -0.491 e. The van der Waals surface area contributed by atoms with Crippen molar-refractivity contribution in [3.63, 3.8) is 0 Å². The first kappa shape index (κ1) is 17.2. The third-order valence-corrected chi connectivity index (χ3v) is 4.47. The third kappa shape index (κ3) is 4.40. The lowest BCUT2D eigenvalue weighted by Crippen LogP contribution is -2.16. The number of benzene rings is 1. The Bertz CT molecular complexity index is 648. The average Bonchev–Trinajstić information content (AvgIpc) is 2.53. The van der Waals surface area contributed by atoms with Crippen LogP contribution < -0.4 is 4.74 Å². The fourth-order valence-corrected chi connectivity index (χ4v) is 3.02. The van der Waals surface area contributed by atoms with E-state index in [4.69, 9.17) is 21.7 Å². The monoisotopic (exact) mass is 381 g/mol. The summed E-state index contributed by atoms with van der Waals surface area (Å²) in [6.07, 6.45) is 3.53. The van der Waals surface area contributed by atoms with Gasteiger partial charge in [-0.1, -0.05) is 28.9 Å². The van der Waals surface area contributed by atoms with Crippen molar-refractivity contribution in [1.29, 1.82) is 0 Å². The molecule has 1 aromatic heterocycles. The second kappa shape index (κ2) is 8.44. The highest BCUT2D eigenvalue weighted by molar-refractivity contribution is 9.10. The molecular formula is C17H20BrNO2S. The summed E-state index contributed by atoms with van der Waals surface area (Å²) >= 11 is 8.77. The van der Waals surface area contributed by atoms with E-state index in [1.807, 2.05) is 31.2 Å². The molecule has 0 amide bonds. The van der Waals surface area contributed by atoms with Crippen molar-refractivity contribution in [3.05, 3.63) is 34.9 Å². The van der Waals surface area contributed by atoms with Gasteiger partial charge in [0.1, 0.15) is 11.3 Å². The molecule has 0 aliphatic rings. The summed E-state index contributed by atoms with van der Waals surface area (Å²) in [6.45, 7) is 5.32. The fraction of sp³-hybridized carbons (Fsp3) is 0.412. The van der Waals surface area contributed by atoms with E-state index >= 15 is 0 Å². The molecule has 0 aliphatic carbocycles. The predicted molar refractivity (Wildman–Crippen MR) is 97.6 cm³/mol. The average molecular weight is 382 g/mol. The molecule has 2 aromatic rings. The van der Waals surface area contributed by atoms with Crippen molar-refractivity contribution in [2.75, 3.05) is 13.2 Å². The second-order valence-corrected chi connectivity index (χ2v) is 6.35. The second-order valence-electron chi connectivity index (χ2n) is 5.04. The third-order valence-electron chi connectivity index (χ3n) is 3.49. The number of hydrogen-bond donors (Lipinski definition) is 0. The Morgan fingerprint density at radius 1 is 1.32 bits per heavy atom. The van der Waals surface area contributed by atoms with Gasteiger partial charge in [-0.2, -0.15) is 0 Å². The number of aromatic nitrogens is 1. The Hall–Kier alpha value is -1.20. The number of hydrogen-bond acceptors (Lipinski definition) is 4. The van der Waals surface area contributed by atoms with Gasteiger partial charge in [0.05, 0.1) is 13.2 Å². The molecule has 1 atom stereocenters. The fourth-order valence-electron chi connectivity index (χ4n) is 2.21. The van der Waals surface area contributed by atoms with E-state index in [1.165, 1.54) is 0 Å². The van der Waals surface area contributed by atoms with Crippen molar-refractivity contribution in [1.82, 2.24) is 4.98 Å². The highest BCUT2D eigenvalue weighted by Crippen LogP contribution is 2.30. The SMILES string of the molecule is CCOC(=S)CC(CC)COc1ccc(Br)c2cccnc12. The van der Waals surface area contributed by atoms with Crippen molar-refractivity contribution in [2.45, 2.75) is 26.7 Å². The minimum absolute atomic E-state index is 0.349. The zero-order valence-electron chi connectivity index (χ0n) is 12.8. The molecule has 22 heavy (non-hydrogen) atoms. The Morgan fingerprint density at radius 2 is 2.14 bits per heavy atom. The summed E-state index contributed by atoms with van der Waals surface area (Å²) in [6, 6.07) is 7.89.